The van der Waals surface area contributed by atoms with Gasteiger partial charge in [-0.15, -0.1) is 0 Å². The molecule has 2 aromatic rings. The molecule has 0 unspecified atom stereocenters. The summed E-state index contributed by atoms with van der Waals surface area (Å²) in [6, 6.07) is 16.4. The summed E-state index contributed by atoms with van der Waals surface area (Å²) in [5.41, 5.74) is 4.29. The van der Waals surface area contributed by atoms with Gasteiger partial charge in [-0.1, -0.05) is 43.3 Å². The van der Waals surface area contributed by atoms with Crippen LogP contribution < -0.4 is 0 Å². The Kier molecular flexibility index (Phi) is 5.94. The predicted octanol–water partition coefficient (Wildman–Crippen LogP) is 3.55. The van der Waals surface area contributed by atoms with Crippen molar-refractivity contribution in [1.82, 2.24) is 9.80 Å². The van der Waals surface area contributed by atoms with E-state index < -0.39 is 0 Å². The van der Waals surface area contributed by atoms with E-state index in [1.165, 1.54) is 5.56 Å². The molecule has 0 radical (unpaired) electrons. The lowest BCUT2D eigenvalue weighted by molar-refractivity contribution is 0.0786. The Bertz CT molecular complexity index is 647. The van der Waals surface area contributed by atoms with Gasteiger partial charge in [-0.2, -0.15) is 0 Å². The highest BCUT2D eigenvalue weighted by Crippen LogP contribution is 2.21. The minimum atomic E-state index is 0.0684. The first-order valence-electron chi connectivity index (χ1n) is 8.11. The van der Waals surface area contributed by atoms with Crippen molar-refractivity contribution in [3.8, 4) is 11.1 Å². The van der Waals surface area contributed by atoms with Crippen LogP contribution in [0, 0.1) is 0 Å². The van der Waals surface area contributed by atoms with Crippen molar-refractivity contribution >= 4 is 5.91 Å². The maximum Gasteiger partial charge on any atom is 0.253 e. The van der Waals surface area contributed by atoms with E-state index in [1.807, 2.05) is 39.3 Å². The van der Waals surface area contributed by atoms with Crippen LogP contribution in [-0.2, 0) is 6.42 Å². The minimum absolute atomic E-state index is 0.0684. The zero-order valence-electron chi connectivity index (χ0n) is 14.5. The molecular weight excluding hydrogens is 284 g/mol. The summed E-state index contributed by atoms with van der Waals surface area (Å²) in [5, 5.41) is 0. The van der Waals surface area contributed by atoms with Crippen LogP contribution in [0.4, 0.5) is 0 Å². The molecule has 0 spiro atoms. The van der Waals surface area contributed by atoms with E-state index in [9.17, 15) is 4.79 Å². The topological polar surface area (TPSA) is 23.6 Å². The number of likely N-dealkylation sites (N-methyl/N-ethyl adjacent to an activating group) is 2. The van der Waals surface area contributed by atoms with Crippen LogP contribution in [0.1, 0.15) is 22.8 Å². The van der Waals surface area contributed by atoms with Gasteiger partial charge in [0, 0.05) is 25.7 Å². The van der Waals surface area contributed by atoms with E-state index in [0.717, 1.165) is 36.2 Å². The third-order valence-electron chi connectivity index (χ3n) is 4.03. The average Bonchev–Trinajstić information content (AvgIpc) is 2.59. The minimum Gasteiger partial charge on any atom is -0.340 e. The first kappa shape index (κ1) is 17.2. The van der Waals surface area contributed by atoms with Crippen molar-refractivity contribution in [3.63, 3.8) is 0 Å². The summed E-state index contributed by atoms with van der Waals surface area (Å²) in [6.07, 6.45) is 1.04. The Balaban J connectivity index is 2.16. The van der Waals surface area contributed by atoms with Crippen molar-refractivity contribution in [2.45, 2.75) is 13.3 Å². The SMILES string of the molecule is CCc1ccc(-c2cccc(C(=O)N(C)CCN(C)C)c2)cc1. The Labute approximate surface area is 139 Å². The van der Waals surface area contributed by atoms with Crippen molar-refractivity contribution in [2.75, 3.05) is 34.2 Å². The van der Waals surface area contributed by atoms with E-state index in [-0.39, 0.29) is 5.91 Å². The molecule has 0 atom stereocenters. The highest BCUT2D eigenvalue weighted by Gasteiger charge is 2.12. The quantitative estimate of drug-likeness (QED) is 0.814. The molecule has 0 aliphatic rings. The smallest absolute Gasteiger partial charge is 0.253 e. The first-order valence-corrected chi connectivity index (χ1v) is 8.11. The van der Waals surface area contributed by atoms with Crippen molar-refractivity contribution < 1.29 is 4.79 Å². The number of benzene rings is 2. The molecule has 23 heavy (non-hydrogen) atoms. The highest BCUT2D eigenvalue weighted by molar-refractivity contribution is 5.95. The monoisotopic (exact) mass is 310 g/mol. The maximum absolute atomic E-state index is 12.5. The number of aryl methyl sites for hydroxylation is 1. The molecule has 0 saturated heterocycles. The molecule has 0 saturated carbocycles. The van der Waals surface area contributed by atoms with E-state index in [2.05, 4.69) is 42.2 Å². The molecular formula is C20H26N2O. The van der Waals surface area contributed by atoms with Crippen LogP contribution in [0.25, 0.3) is 11.1 Å². The van der Waals surface area contributed by atoms with Gasteiger partial charge in [-0.05, 0) is 49.3 Å². The molecule has 122 valence electrons. The number of rotatable bonds is 6. The summed E-state index contributed by atoms with van der Waals surface area (Å²) < 4.78 is 0. The van der Waals surface area contributed by atoms with Crippen LogP contribution in [0.15, 0.2) is 48.5 Å². The molecule has 3 nitrogen and oxygen atoms in total. The summed E-state index contributed by atoms with van der Waals surface area (Å²) in [7, 11) is 5.88. The highest BCUT2D eigenvalue weighted by atomic mass is 16.2. The standard InChI is InChI=1S/C20H26N2O/c1-5-16-9-11-17(12-10-16)18-7-6-8-19(15-18)20(23)22(4)14-13-21(2)3/h6-12,15H,5,13-14H2,1-4H3. The first-order chi connectivity index (χ1) is 11.0. The second-order valence-corrected chi connectivity index (χ2v) is 6.16. The second kappa shape index (κ2) is 7.93. The molecule has 2 aromatic carbocycles. The second-order valence-electron chi connectivity index (χ2n) is 6.16. The van der Waals surface area contributed by atoms with Gasteiger partial charge in [0.25, 0.3) is 5.91 Å². The summed E-state index contributed by atoms with van der Waals surface area (Å²) in [6.45, 7) is 3.74. The summed E-state index contributed by atoms with van der Waals surface area (Å²) in [5.74, 6) is 0.0684. The van der Waals surface area contributed by atoms with Crippen molar-refractivity contribution in [2.24, 2.45) is 0 Å². The van der Waals surface area contributed by atoms with Gasteiger partial charge in [0.15, 0.2) is 0 Å². The molecule has 0 fully saturated rings. The Morgan fingerprint density at radius 2 is 1.61 bits per heavy atom. The van der Waals surface area contributed by atoms with Gasteiger partial charge in [0.2, 0.25) is 0 Å². The van der Waals surface area contributed by atoms with Crippen LogP contribution in [0.3, 0.4) is 0 Å². The van der Waals surface area contributed by atoms with Crippen LogP contribution in [0.5, 0.6) is 0 Å². The van der Waals surface area contributed by atoms with Crippen LogP contribution in [0.2, 0.25) is 0 Å². The van der Waals surface area contributed by atoms with Gasteiger partial charge in [0.05, 0.1) is 0 Å². The number of amides is 1. The third kappa shape index (κ3) is 4.67. The van der Waals surface area contributed by atoms with E-state index in [4.69, 9.17) is 0 Å². The number of carbonyl (C=O) groups excluding carboxylic acids is 1. The van der Waals surface area contributed by atoms with Gasteiger partial charge in [-0.3, -0.25) is 4.79 Å². The van der Waals surface area contributed by atoms with Gasteiger partial charge < -0.3 is 9.80 Å². The Hall–Kier alpha value is -2.13. The van der Waals surface area contributed by atoms with Gasteiger partial charge in [0.1, 0.15) is 0 Å². The predicted molar refractivity (Wildman–Crippen MR) is 96.8 cm³/mol. The van der Waals surface area contributed by atoms with Crippen molar-refractivity contribution in [1.29, 1.82) is 0 Å². The van der Waals surface area contributed by atoms with E-state index in [1.54, 1.807) is 4.90 Å². The zero-order chi connectivity index (χ0) is 16.8. The third-order valence-corrected chi connectivity index (χ3v) is 4.03. The van der Waals surface area contributed by atoms with E-state index >= 15 is 0 Å². The fourth-order valence-corrected chi connectivity index (χ4v) is 2.44. The fourth-order valence-electron chi connectivity index (χ4n) is 2.44. The number of carbonyl (C=O) groups is 1. The number of hydrogen-bond donors (Lipinski definition) is 0. The summed E-state index contributed by atoms with van der Waals surface area (Å²) in [4.78, 5) is 16.4. The molecule has 0 heterocycles. The molecule has 2 rings (SSSR count). The molecule has 0 N–H and O–H groups in total. The lowest BCUT2D eigenvalue weighted by atomic mass is 10.0. The van der Waals surface area contributed by atoms with E-state index in [0.29, 0.717) is 0 Å². The maximum atomic E-state index is 12.5. The molecule has 0 bridgehead atoms. The lowest BCUT2D eigenvalue weighted by Crippen LogP contribution is -2.33. The fraction of sp³-hybridized carbons (Fsp3) is 0.350. The molecule has 0 aliphatic carbocycles. The van der Waals surface area contributed by atoms with Crippen LogP contribution in [-0.4, -0.2) is 49.9 Å². The Morgan fingerprint density at radius 3 is 2.22 bits per heavy atom. The largest absolute Gasteiger partial charge is 0.340 e. The molecule has 3 heteroatoms. The Morgan fingerprint density at radius 1 is 0.913 bits per heavy atom. The van der Waals surface area contributed by atoms with Crippen LogP contribution >= 0.6 is 0 Å². The van der Waals surface area contributed by atoms with Gasteiger partial charge in [-0.25, -0.2) is 0 Å². The van der Waals surface area contributed by atoms with Crippen molar-refractivity contribution in [3.05, 3.63) is 59.7 Å². The molecule has 0 aliphatic heterocycles. The summed E-state index contributed by atoms with van der Waals surface area (Å²) >= 11 is 0. The number of hydrogen-bond acceptors (Lipinski definition) is 2. The number of nitrogens with zero attached hydrogens (tertiary/aromatic N) is 2. The molecule has 0 aromatic heterocycles. The zero-order valence-corrected chi connectivity index (χ0v) is 14.5. The lowest BCUT2D eigenvalue weighted by Gasteiger charge is -2.20. The normalized spacial score (nSPS) is 10.8. The molecule has 1 amide bonds. The average molecular weight is 310 g/mol. The van der Waals surface area contributed by atoms with Gasteiger partial charge >= 0.3 is 0 Å².